The van der Waals surface area contributed by atoms with Gasteiger partial charge in [-0.05, 0) is 68.9 Å². The Morgan fingerprint density at radius 2 is 1.41 bits per heavy atom. The molecule has 0 aromatic heterocycles. The fourth-order valence-electron chi connectivity index (χ4n) is 3.65. The van der Waals surface area contributed by atoms with Crippen LogP contribution < -0.4 is 5.32 Å². The molecule has 1 aliphatic heterocycles. The zero-order valence-corrected chi connectivity index (χ0v) is 11.8. The molecule has 2 aliphatic rings. The topological polar surface area (TPSA) is 32.3 Å². The van der Waals surface area contributed by atoms with E-state index < -0.39 is 5.60 Å². The van der Waals surface area contributed by atoms with Crippen LogP contribution in [0.3, 0.4) is 0 Å². The van der Waals surface area contributed by atoms with Gasteiger partial charge in [0.15, 0.2) is 0 Å². The minimum absolute atomic E-state index is 0.0338. The van der Waals surface area contributed by atoms with Crippen LogP contribution in [0.1, 0.15) is 59.3 Å². The maximum Gasteiger partial charge on any atom is 0.0696 e. The molecule has 1 saturated heterocycles. The number of nitrogens with one attached hydrogen (secondary N) is 1. The van der Waals surface area contributed by atoms with E-state index in [4.69, 9.17) is 0 Å². The molecule has 0 bridgehead atoms. The molecule has 0 radical (unpaired) electrons. The molecule has 17 heavy (non-hydrogen) atoms. The molecular weight excluding hydrogens is 210 g/mol. The molecule has 0 spiro atoms. The normalized spacial score (nSPS) is 37.1. The summed E-state index contributed by atoms with van der Waals surface area (Å²) in [6, 6.07) is 0. The van der Waals surface area contributed by atoms with E-state index in [-0.39, 0.29) is 5.41 Å². The molecule has 1 saturated carbocycles. The van der Waals surface area contributed by atoms with E-state index in [0.29, 0.717) is 0 Å². The Hall–Kier alpha value is -0.0800. The Morgan fingerprint density at radius 1 is 0.941 bits per heavy atom. The second-order valence-electron chi connectivity index (χ2n) is 7.21. The SMILES string of the molecule is CC(C)(C)C1(O)CCC(C2CCNCC2)CC1. The van der Waals surface area contributed by atoms with Gasteiger partial charge in [-0.15, -0.1) is 0 Å². The Labute approximate surface area is 106 Å². The van der Waals surface area contributed by atoms with E-state index in [2.05, 4.69) is 26.1 Å². The maximum absolute atomic E-state index is 10.7. The average molecular weight is 239 g/mol. The van der Waals surface area contributed by atoms with Crippen molar-refractivity contribution in [3.63, 3.8) is 0 Å². The van der Waals surface area contributed by atoms with Gasteiger partial charge in [0.25, 0.3) is 0 Å². The van der Waals surface area contributed by atoms with Crippen molar-refractivity contribution in [3.05, 3.63) is 0 Å². The fourth-order valence-corrected chi connectivity index (χ4v) is 3.65. The van der Waals surface area contributed by atoms with Gasteiger partial charge < -0.3 is 10.4 Å². The predicted molar refractivity (Wildman–Crippen MR) is 72.0 cm³/mol. The van der Waals surface area contributed by atoms with Crippen LogP contribution in [0.2, 0.25) is 0 Å². The summed E-state index contributed by atoms with van der Waals surface area (Å²) in [5.74, 6) is 1.79. The van der Waals surface area contributed by atoms with Crippen LogP contribution in [-0.2, 0) is 0 Å². The van der Waals surface area contributed by atoms with E-state index in [9.17, 15) is 5.11 Å². The standard InChI is InChI=1S/C15H29NO/c1-14(2,3)15(17)8-4-12(5-9-15)13-6-10-16-11-7-13/h12-13,16-17H,4-11H2,1-3H3. The van der Waals surface area contributed by atoms with Crippen LogP contribution in [0.25, 0.3) is 0 Å². The Balaban J connectivity index is 1.89. The van der Waals surface area contributed by atoms with E-state index in [1.54, 1.807) is 0 Å². The van der Waals surface area contributed by atoms with Gasteiger partial charge in [0.1, 0.15) is 0 Å². The monoisotopic (exact) mass is 239 g/mol. The van der Waals surface area contributed by atoms with Gasteiger partial charge in [-0.3, -0.25) is 0 Å². The number of piperidine rings is 1. The third kappa shape index (κ3) is 2.85. The summed E-state index contributed by atoms with van der Waals surface area (Å²) in [5.41, 5.74) is -0.386. The summed E-state index contributed by atoms with van der Waals surface area (Å²) in [5, 5.41) is 14.2. The summed E-state index contributed by atoms with van der Waals surface area (Å²) in [4.78, 5) is 0. The third-order valence-corrected chi connectivity index (χ3v) is 5.30. The van der Waals surface area contributed by atoms with Crippen molar-refractivity contribution >= 4 is 0 Å². The summed E-state index contributed by atoms with van der Waals surface area (Å²) >= 11 is 0. The predicted octanol–water partition coefficient (Wildman–Crippen LogP) is 2.95. The minimum atomic E-state index is -0.420. The zero-order chi connectivity index (χ0) is 12.5. The van der Waals surface area contributed by atoms with Crippen LogP contribution >= 0.6 is 0 Å². The quantitative estimate of drug-likeness (QED) is 0.737. The van der Waals surface area contributed by atoms with E-state index >= 15 is 0 Å². The second kappa shape index (κ2) is 4.89. The number of aliphatic hydroxyl groups is 1. The number of hydrogen-bond donors (Lipinski definition) is 2. The molecular formula is C15H29NO. The Bertz CT molecular complexity index is 242. The van der Waals surface area contributed by atoms with Gasteiger partial charge in [0, 0.05) is 0 Å². The first kappa shape index (κ1) is 13.4. The smallest absolute Gasteiger partial charge is 0.0696 e. The van der Waals surface area contributed by atoms with Crippen molar-refractivity contribution < 1.29 is 5.11 Å². The molecule has 0 aromatic rings. The molecule has 0 amide bonds. The van der Waals surface area contributed by atoms with Crippen LogP contribution in [-0.4, -0.2) is 23.8 Å². The molecule has 100 valence electrons. The van der Waals surface area contributed by atoms with Crippen molar-refractivity contribution in [2.75, 3.05) is 13.1 Å². The van der Waals surface area contributed by atoms with Gasteiger partial charge in [-0.1, -0.05) is 20.8 Å². The van der Waals surface area contributed by atoms with E-state index in [0.717, 1.165) is 24.7 Å². The van der Waals surface area contributed by atoms with Gasteiger partial charge in [0.2, 0.25) is 0 Å². The lowest BCUT2D eigenvalue weighted by Crippen LogP contribution is -2.47. The first-order valence-electron chi connectivity index (χ1n) is 7.35. The molecule has 0 atom stereocenters. The van der Waals surface area contributed by atoms with Crippen LogP contribution in [0.15, 0.2) is 0 Å². The van der Waals surface area contributed by atoms with E-state index in [1.165, 1.54) is 38.8 Å². The summed E-state index contributed by atoms with van der Waals surface area (Å²) < 4.78 is 0. The van der Waals surface area contributed by atoms with Gasteiger partial charge in [0.05, 0.1) is 5.60 Å². The lowest BCUT2D eigenvalue weighted by atomic mass is 9.63. The first-order chi connectivity index (χ1) is 7.92. The summed E-state index contributed by atoms with van der Waals surface area (Å²) in [6.07, 6.45) is 7.17. The lowest BCUT2D eigenvalue weighted by Gasteiger charge is -2.47. The first-order valence-corrected chi connectivity index (χ1v) is 7.35. The molecule has 2 N–H and O–H groups in total. The maximum atomic E-state index is 10.7. The van der Waals surface area contributed by atoms with Crippen molar-refractivity contribution in [2.45, 2.75) is 64.9 Å². The summed E-state index contributed by atoms with van der Waals surface area (Å²) in [6.45, 7) is 8.93. The van der Waals surface area contributed by atoms with Gasteiger partial charge >= 0.3 is 0 Å². The minimum Gasteiger partial charge on any atom is -0.389 e. The Kier molecular flexibility index (Phi) is 3.84. The van der Waals surface area contributed by atoms with Crippen molar-refractivity contribution in [1.29, 1.82) is 0 Å². The van der Waals surface area contributed by atoms with E-state index in [1.807, 2.05) is 0 Å². The van der Waals surface area contributed by atoms with Crippen LogP contribution in [0.5, 0.6) is 0 Å². The van der Waals surface area contributed by atoms with Gasteiger partial charge in [-0.2, -0.15) is 0 Å². The Morgan fingerprint density at radius 3 is 1.88 bits per heavy atom. The molecule has 2 heteroatoms. The number of rotatable bonds is 1. The van der Waals surface area contributed by atoms with Crippen molar-refractivity contribution in [2.24, 2.45) is 17.3 Å². The average Bonchev–Trinajstić information content (AvgIpc) is 2.30. The summed E-state index contributed by atoms with van der Waals surface area (Å²) in [7, 11) is 0. The highest BCUT2D eigenvalue weighted by Crippen LogP contribution is 2.46. The highest BCUT2D eigenvalue weighted by Gasteiger charge is 2.43. The largest absolute Gasteiger partial charge is 0.389 e. The highest BCUT2D eigenvalue weighted by atomic mass is 16.3. The second-order valence-corrected chi connectivity index (χ2v) is 7.21. The molecule has 0 unspecified atom stereocenters. The van der Waals surface area contributed by atoms with Crippen molar-refractivity contribution in [1.82, 2.24) is 5.32 Å². The zero-order valence-electron chi connectivity index (χ0n) is 11.8. The van der Waals surface area contributed by atoms with Crippen LogP contribution in [0.4, 0.5) is 0 Å². The molecule has 0 aromatic carbocycles. The molecule has 2 fully saturated rings. The molecule has 2 rings (SSSR count). The lowest BCUT2D eigenvalue weighted by molar-refractivity contribution is -0.0981. The third-order valence-electron chi connectivity index (χ3n) is 5.30. The van der Waals surface area contributed by atoms with Gasteiger partial charge in [-0.25, -0.2) is 0 Å². The van der Waals surface area contributed by atoms with Crippen molar-refractivity contribution in [3.8, 4) is 0 Å². The highest BCUT2D eigenvalue weighted by molar-refractivity contribution is 4.95. The number of hydrogen-bond acceptors (Lipinski definition) is 2. The fraction of sp³-hybridized carbons (Fsp3) is 1.00. The van der Waals surface area contributed by atoms with Crippen LogP contribution in [0, 0.1) is 17.3 Å². The molecule has 2 nitrogen and oxygen atoms in total. The molecule has 1 heterocycles. The molecule has 1 aliphatic carbocycles.